The highest BCUT2D eigenvalue weighted by molar-refractivity contribution is 7.97. The number of aliphatic hydroxyl groups is 2. The molecular formula is C27H32Cl2N2O5S. The van der Waals surface area contributed by atoms with E-state index in [-0.39, 0.29) is 36.8 Å². The van der Waals surface area contributed by atoms with Crippen molar-refractivity contribution in [1.29, 1.82) is 0 Å². The van der Waals surface area contributed by atoms with Crippen molar-refractivity contribution in [2.45, 2.75) is 63.4 Å². The first-order chi connectivity index (χ1) is 17.4. The molecule has 0 bridgehead atoms. The van der Waals surface area contributed by atoms with Gasteiger partial charge in [-0.2, -0.15) is 4.31 Å². The van der Waals surface area contributed by atoms with Gasteiger partial charge >= 0.3 is 5.97 Å². The molecule has 2 aliphatic heterocycles. The maximum Gasteiger partial charge on any atom is 0.304 e. The average molecular weight is 568 g/mol. The number of aliphatic carboxylic acids is 1. The maximum atomic E-state index is 14.1. The zero-order valence-corrected chi connectivity index (χ0v) is 23.1. The van der Waals surface area contributed by atoms with E-state index in [1.54, 1.807) is 34.3 Å². The summed E-state index contributed by atoms with van der Waals surface area (Å²) < 4.78 is 1.54. The second kappa shape index (κ2) is 11.1. The van der Waals surface area contributed by atoms with E-state index in [0.717, 1.165) is 11.1 Å². The molecule has 7 nitrogen and oxygen atoms in total. The summed E-state index contributed by atoms with van der Waals surface area (Å²) in [5.41, 5.74) is 0.686. The summed E-state index contributed by atoms with van der Waals surface area (Å²) in [4.78, 5) is 27.8. The van der Waals surface area contributed by atoms with E-state index in [1.165, 1.54) is 11.9 Å². The second-order valence-corrected chi connectivity index (χ2v) is 12.3. The van der Waals surface area contributed by atoms with Gasteiger partial charge in [-0.25, -0.2) is 0 Å². The van der Waals surface area contributed by atoms with Crippen LogP contribution in [0.2, 0.25) is 10.0 Å². The van der Waals surface area contributed by atoms with Gasteiger partial charge < -0.3 is 20.2 Å². The highest BCUT2D eigenvalue weighted by Crippen LogP contribution is 2.52. The van der Waals surface area contributed by atoms with Crippen molar-refractivity contribution >= 4 is 47.0 Å². The molecule has 2 aromatic rings. The molecule has 2 fully saturated rings. The van der Waals surface area contributed by atoms with Crippen molar-refractivity contribution in [1.82, 2.24) is 9.21 Å². The van der Waals surface area contributed by atoms with Crippen LogP contribution < -0.4 is 0 Å². The molecule has 2 aromatic carbocycles. The number of carbonyl (C=O) groups excluding carboxylic acids is 1. The molecule has 37 heavy (non-hydrogen) atoms. The molecule has 0 saturated carbocycles. The van der Waals surface area contributed by atoms with Crippen molar-refractivity contribution in [3.05, 3.63) is 69.7 Å². The SMILES string of the molecule is C[C@@H](CCN1SCCC1(O)O)N1C(=O)[C@@](C)(CC(=O)O)C[C@H](c2cccc(Cl)c2)[C@H]1c1ccc(Cl)cc1. The number of carboxylic acid groups (broad SMARTS) is 1. The lowest BCUT2D eigenvalue weighted by atomic mass is 9.67. The Labute approximate surface area is 231 Å². The Bertz CT molecular complexity index is 1150. The number of likely N-dealkylation sites (tertiary alicyclic amines) is 1. The number of carboxylic acids is 1. The van der Waals surface area contributed by atoms with Crippen molar-refractivity contribution in [3.63, 3.8) is 0 Å². The largest absolute Gasteiger partial charge is 0.481 e. The minimum atomic E-state index is -1.88. The van der Waals surface area contributed by atoms with Crippen LogP contribution in [-0.4, -0.2) is 60.7 Å². The van der Waals surface area contributed by atoms with E-state index in [1.807, 2.05) is 37.3 Å². The topological polar surface area (TPSA) is 101 Å². The summed E-state index contributed by atoms with van der Waals surface area (Å²) in [6.45, 7) is 4.01. The number of amides is 1. The fourth-order valence-electron chi connectivity index (χ4n) is 5.57. The summed E-state index contributed by atoms with van der Waals surface area (Å²) in [5.74, 6) is -2.76. The summed E-state index contributed by atoms with van der Waals surface area (Å²) >= 11 is 13.9. The molecule has 200 valence electrons. The molecule has 2 saturated heterocycles. The summed E-state index contributed by atoms with van der Waals surface area (Å²) in [6, 6.07) is 14.2. The van der Waals surface area contributed by atoms with Crippen molar-refractivity contribution in [3.8, 4) is 0 Å². The minimum Gasteiger partial charge on any atom is -0.481 e. The van der Waals surface area contributed by atoms with Crippen LogP contribution in [0.5, 0.6) is 0 Å². The van der Waals surface area contributed by atoms with E-state index in [4.69, 9.17) is 23.2 Å². The monoisotopic (exact) mass is 566 g/mol. The van der Waals surface area contributed by atoms with E-state index < -0.39 is 17.3 Å². The third kappa shape index (κ3) is 6.10. The van der Waals surface area contributed by atoms with Gasteiger partial charge in [0.25, 0.3) is 0 Å². The first-order valence-corrected chi connectivity index (χ1v) is 14.0. The number of nitrogens with zero attached hydrogens (tertiary/aromatic N) is 2. The number of carbonyl (C=O) groups is 2. The van der Waals surface area contributed by atoms with Crippen LogP contribution >= 0.6 is 35.1 Å². The number of piperidine rings is 1. The molecule has 0 radical (unpaired) electrons. The van der Waals surface area contributed by atoms with Crippen LogP contribution in [0, 0.1) is 5.41 Å². The van der Waals surface area contributed by atoms with Crippen LogP contribution in [0.25, 0.3) is 0 Å². The minimum absolute atomic E-state index is 0.222. The molecule has 0 aliphatic carbocycles. The van der Waals surface area contributed by atoms with Gasteiger partial charge in [-0.1, -0.05) is 66.3 Å². The number of benzene rings is 2. The number of hydrogen-bond acceptors (Lipinski definition) is 6. The molecule has 4 rings (SSSR count). The Morgan fingerprint density at radius 3 is 2.43 bits per heavy atom. The quantitative estimate of drug-likeness (QED) is 0.294. The predicted molar refractivity (Wildman–Crippen MR) is 145 cm³/mol. The molecule has 0 spiro atoms. The molecular weight excluding hydrogens is 535 g/mol. The van der Waals surface area contributed by atoms with E-state index >= 15 is 0 Å². The summed E-state index contributed by atoms with van der Waals surface area (Å²) in [6.07, 6.45) is 0.762. The first-order valence-electron chi connectivity index (χ1n) is 12.3. The Balaban J connectivity index is 1.77. The average Bonchev–Trinajstić information content (AvgIpc) is 3.17. The summed E-state index contributed by atoms with van der Waals surface area (Å²) in [7, 11) is 0. The maximum absolute atomic E-state index is 14.1. The normalized spacial score (nSPS) is 26.9. The second-order valence-electron chi connectivity index (χ2n) is 10.3. The number of rotatable bonds is 8. The van der Waals surface area contributed by atoms with Gasteiger partial charge in [0, 0.05) is 40.7 Å². The zero-order chi connectivity index (χ0) is 27.0. The van der Waals surface area contributed by atoms with Crippen LogP contribution in [0.1, 0.15) is 62.6 Å². The Hall–Kier alpha value is -1.81. The van der Waals surface area contributed by atoms with Gasteiger partial charge in [-0.05, 0) is 55.2 Å². The molecule has 2 heterocycles. The highest BCUT2D eigenvalue weighted by Gasteiger charge is 2.52. The lowest BCUT2D eigenvalue weighted by Crippen LogP contribution is -2.56. The molecule has 10 heteroatoms. The third-order valence-corrected chi connectivity index (χ3v) is 9.10. The molecule has 2 aliphatic rings. The van der Waals surface area contributed by atoms with Crippen LogP contribution in [0.4, 0.5) is 0 Å². The van der Waals surface area contributed by atoms with Gasteiger partial charge in [0.2, 0.25) is 11.8 Å². The van der Waals surface area contributed by atoms with Crippen molar-refractivity contribution < 1.29 is 24.9 Å². The predicted octanol–water partition coefficient (Wildman–Crippen LogP) is 5.30. The van der Waals surface area contributed by atoms with Gasteiger partial charge in [-0.3, -0.25) is 9.59 Å². The van der Waals surface area contributed by atoms with Crippen molar-refractivity contribution in [2.75, 3.05) is 12.3 Å². The highest BCUT2D eigenvalue weighted by atomic mass is 35.5. The number of halogens is 2. The smallest absolute Gasteiger partial charge is 0.304 e. The zero-order valence-electron chi connectivity index (χ0n) is 20.8. The summed E-state index contributed by atoms with van der Waals surface area (Å²) in [5, 5.41) is 31.4. The van der Waals surface area contributed by atoms with Gasteiger partial charge in [-0.15, -0.1) is 0 Å². The fraction of sp³-hybridized carbons (Fsp3) is 0.481. The van der Waals surface area contributed by atoms with Gasteiger partial charge in [0.1, 0.15) is 0 Å². The van der Waals surface area contributed by atoms with E-state index in [0.29, 0.717) is 35.2 Å². The molecule has 1 amide bonds. The first kappa shape index (κ1) is 28.2. The Morgan fingerprint density at radius 1 is 1.14 bits per heavy atom. The molecule has 4 atom stereocenters. The van der Waals surface area contributed by atoms with E-state index in [9.17, 15) is 24.9 Å². The van der Waals surface area contributed by atoms with Gasteiger partial charge in [0.05, 0.1) is 17.9 Å². The van der Waals surface area contributed by atoms with Crippen LogP contribution in [0.15, 0.2) is 48.5 Å². The fourth-order valence-corrected chi connectivity index (χ4v) is 7.01. The van der Waals surface area contributed by atoms with Crippen LogP contribution in [-0.2, 0) is 9.59 Å². The van der Waals surface area contributed by atoms with Crippen LogP contribution in [0.3, 0.4) is 0 Å². The molecule has 0 aromatic heterocycles. The molecule has 3 N–H and O–H groups in total. The number of hydrogen-bond donors (Lipinski definition) is 3. The lowest BCUT2D eigenvalue weighted by molar-refractivity contribution is -0.223. The van der Waals surface area contributed by atoms with E-state index in [2.05, 4.69) is 0 Å². The van der Waals surface area contributed by atoms with Crippen molar-refractivity contribution in [2.24, 2.45) is 5.41 Å². The Kier molecular flexibility index (Phi) is 8.48. The Morgan fingerprint density at radius 2 is 1.84 bits per heavy atom. The van der Waals surface area contributed by atoms with Gasteiger partial charge in [0.15, 0.2) is 0 Å². The lowest BCUT2D eigenvalue weighted by Gasteiger charge is -2.51. The standard InChI is InChI=1S/C27H32Cl2N2O5S/c1-17(10-12-30-27(35,36)11-13-37-30)31-24(18-6-8-20(28)9-7-18)22(19-4-3-5-21(29)14-19)15-26(2,25(31)34)16-23(32)33/h3-9,14,17,22,24,35-36H,10-13,15-16H2,1-2H3,(H,32,33)/t17-,22+,24+,26+/m0/s1. The molecule has 0 unspecified atom stereocenters. The third-order valence-electron chi connectivity index (χ3n) is 7.44.